The quantitative estimate of drug-likeness (QED) is 0.862. The van der Waals surface area contributed by atoms with Gasteiger partial charge in [0.1, 0.15) is 5.75 Å². The van der Waals surface area contributed by atoms with E-state index in [1.807, 2.05) is 38.3 Å². The van der Waals surface area contributed by atoms with E-state index in [0.29, 0.717) is 18.4 Å². The molecule has 4 bridgehead atoms. The molecule has 4 fully saturated rings. The molecule has 0 radical (unpaired) electrons. The number of hydrogen-bond donors (Lipinski definition) is 1. The maximum Gasteiger partial charge on any atom is 0.258 e. The highest BCUT2D eigenvalue weighted by Gasteiger charge is 2.57. The molecule has 4 saturated carbocycles. The molecule has 1 N–H and O–H groups in total. The Kier molecular flexibility index (Phi) is 4.48. The van der Waals surface area contributed by atoms with Crippen molar-refractivity contribution in [2.45, 2.75) is 44.6 Å². The molecule has 136 valence electrons. The van der Waals surface area contributed by atoms with Gasteiger partial charge in [-0.1, -0.05) is 17.7 Å². The van der Waals surface area contributed by atoms with Gasteiger partial charge in [0.25, 0.3) is 5.91 Å². The number of nitrogens with one attached hydrogen (secondary N) is 1. The second-order valence-electron chi connectivity index (χ2n) is 8.34. The first kappa shape index (κ1) is 16.9. The summed E-state index contributed by atoms with van der Waals surface area (Å²) in [6.07, 6.45) is 6.52. The van der Waals surface area contributed by atoms with Gasteiger partial charge in [-0.25, -0.2) is 0 Å². The summed E-state index contributed by atoms with van der Waals surface area (Å²) in [5.41, 5.74) is 1.02. The lowest BCUT2D eigenvalue weighted by Gasteiger charge is -2.60. The maximum absolute atomic E-state index is 12.3. The summed E-state index contributed by atoms with van der Waals surface area (Å²) in [6.45, 7) is 2.71. The highest BCUT2D eigenvalue weighted by Crippen LogP contribution is 2.59. The van der Waals surface area contributed by atoms with Crippen LogP contribution in [0.15, 0.2) is 24.3 Å². The Balaban J connectivity index is 1.33. The van der Waals surface area contributed by atoms with Gasteiger partial charge in [-0.15, -0.1) is 0 Å². The number of methoxy groups -OCH3 is 1. The third kappa shape index (κ3) is 3.17. The van der Waals surface area contributed by atoms with E-state index >= 15 is 0 Å². The molecule has 0 saturated heterocycles. The Morgan fingerprint density at radius 2 is 1.68 bits per heavy atom. The standard InChI is InChI=1S/C21H29NO3/c1-14-3-5-19(6-4-14)25-12-20(23)22-13-21(24-2)17-8-15-7-16(10-17)11-18(21)9-15/h3-6,15-18H,7-13H2,1-2H3,(H,22,23). The SMILES string of the molecule is COC1(CNC(=O)COc2ccc(C)cc2)C2CC3CC(C2)CC1C3. The van der Waals surface area contributed by atoms with Crippen molar-refractivity contribution in [1.82, 2.24) is 5.32 Å². The van der Waals surface area contributed by atoms with Crippen LogP contribution in [0.5, 0.6) is 5.75 Å². The number of ether oxygens (including phenoxy) is 2. The molecule has 0 aliphatic heterocycles. The maximum atomic E-state index is 12.3. The van der Waals surface area contributed by atoms with Gasteiger partial charge in [0.2, 0.25) is 0 Å². The van der Waals surface area contributed by atoms with Crippen LogP contribution in [0, 0.1) is 30.6 Å². The number of rotatable bonds is 6. The Morgan fingerprint density at radius 3 is 2.24 bits per heavy atom. The van der Waals surface area contributed by atoms with E-state index < -0.39 is 0 Å². The molecule has 0 spiro atoms. The fraction of sp³-hybridized carbons (Fsp3) is 0.667. The van der Waals surface area contributed by atoms with Gasteiger partial charge in [-0.2, -0.15) is 0 Å². The van der Waals surface area contributed by atoms with Crippen LogP contribution in [0.2, 0.25) is 0 Å². The average Bonchev–Trinajstić information content (AvgIpc) is 2.61. The average molecular weight is 343 g/mol. The van der Waals surface area contributed by atoms with Crippen molar-refractivity contribution in [1.29, 1.82) is 0 Å². The summed E-state index contributed by atoms with van der Waals surface area (Å²) in [5.74, 6) is 3.67. The zero-order valence-electron chi connectivity index (χ0n) is 15.3. The van der Waals surface area contributed by atoms with Gasteiger partial charge in [-0.3, -0.25) is 4.79 Å². The molecule has 0 unspecified atom stereocenters. The van der Waals surface area contributed by atoms with Crippen LogP contribution in [-0.4, -0.2) is 31.8 Å². The van der Waals surface area contributed by atoms with E-state index in [0.717, 1.165) is 17.6 Å². The first-order chi connectivity index (χ1) is 12.1. The third-order valence-electron chi connectivity index (χ3n) is 6.85. The minimum atomic E-state index is -0.160. The van der Waals surface area contributed by atoms with E-state index in [9.17, 15) is 4.79 Å². The molecule has 1 amide bonds. The van der Waals surface area contributed by atoms with Crippen LogP contribution >= 0.6 is 0 Å². The largest absolute Gasteiger partial charge is 0.484 e. The lowest BCUT2D eigenvalue weighted by atomic mass is 9.49. The Hall–Kier alpha value is -1.55. The van der Waals surface area contributed by atoms with Gasteiger partial charge in [0.05, 0.1) is 5.60 Å². The Bertz CT molecular complexity index is 597. The van der Waals surface area contributed by atoms with Crippen LogP contribution in [0.3, 0.4) is 0 Å². The van der Waals surface area contributed by atoms with Gasteiger partial charge in [0.15, 0.2) is 6.61 Å². The fourth-order valence-corrected chi connectivity index (χ4v) is 5.75. The highest BCUT2D eigenvalue weighted by atomic mass is 16.5. The van der Waals surface area contributed by atoms with Crippen molar-refractivity contribution in [2.24, 2.45) is 23.7 Å². The summed E-state index contributed by atoms with van der Waals surface area (Å²) in [6, 6.07) is 7.78. The summed E-state index contributed by atoms with van der Waals surface area (Å²) < 4.78 is 11.7. The molecule has 5 rings (SSSR count). The molecule has 4 aliphatic rings. The highest BCUT2D eigenvalue weighted by molar-refractivity contribution is 5.77. The predicted molar refractivity (Wildman–Crippen MR) is 96.5 cm³/mol. The number of benzene rings is 1. The number of hydrogen-bond acceptors (Lipinski definition) is 3. The zero-order valence-corrected chi connectivity index (χ0v) is 15.3. The van der Waals surface area contributed by atoms with Crippen LogP contribution in [0.4, 0.5) is 0 Å². The molecular formula is C21H29NO3. The van der Waals surface area contributed by atoms with Gasteiger partial charge < -0.3 is 14.8 Å². The second-order valence-corrected chi connectivity index (χ2v) is 8.34. The van der Waals surface area contributed by atoms with Crippen molar-refractivity contribution >= 4 is 5.91 Å². The van der Waals surface area contributed by atoms with Crippen molar-refractivity contribution < 1.29 is 14.3 Å². The van der Waals surface area contributed by atoms with Crippen molar-refractivity contribution in [3.8, 4) is 5.75 Å². The zero-order chi connectivity index (χ0) is 17.4. The molecule has 4 heteroatoms. The van der Waals surface area contributed by atoms with Crippen LogP contribution in [-0.2, 0) is 9.53 Å². The fourth-order valence-electron chi connectivity index (χ4n) is 5.75. The summed E-state index contributed by atoms with van der Waals surface area (Å²) in [7, 11) is 1.83. The van der Waals surface area contributed by atoms with E-state index in [4.69, 9.17) is 9.47 Å². The normalized spacial score (nSPS) is 35.6. The molecule has 25 heavy (non-hydrogen) atoms. The van der Waals surface area contributed by atoms with Crippen molar-refractivity contribution in [2.75, 3.05) is 20.3 Å². The van der Waals surface area contributed by atoms with Crippen molar-refractivity contribution in [3.63, 3.8) is 0 Å². The van der Waals surface area contributed by atoms with E-state index in [2.05, 4.69) is 5.32 Å². The summed E-state index contributed by atoms with van der Waals surface area (Å²) in [5, 5.41) is 3.10. The minimum Gasteiger partial charge on any atom is -0.484 e. The number of carbonyl (C=O) groups excluding carboxylic acids is 1. The first-order valence-corrected chi connectivity index (χ1v) is 9.60. The monoisotopic (exact) mass is 343 g/mol. The molecular weight excluding hydrogens is 314 g/mol. The van der Waals surface area contributed by atoms with Gasteiger partial charge in [0, 0.05) is 13.7 Å². The van der Waals surface area contributed by atoms with Crippen molar-refractivity contribution in [3.05, 3.63) is 29.8 Å². The lowest BCUT2D eigenvalue weighted by molar-refractivity contribution is -0.188. The molecule has 4 aliphatic carbocycles. The predicted octanol–water partition coefficient (Wildman–Crippen LogP) is 3.33. The number of carbonyl (C=O) groups is 1. The molecule has 1 aromatic carbocycles. The molecule has 1 aromatic rings. The number of amides is 1. The lowest BCUT2D eigenvalue weighted by Crippen LogP contribution is -2.63. The Labute approximate surface area is 150 Å². The molecule has 4 nitrogen and oxygen atoms in total. The molecule has 0 atom stereocenters. The van der Waals surface area contributed by atoms with Crippen LogP contribution in [0.25, 0.3) is 0 Å². The van der Waals surface area contributed by atoms with E-state index in [1.54, 1.807) is 0 Å². The minimum absolute atomic E-state index is 0.0590. The molecule has 0 heterocycles. The smallest absolute Gasteiger partial charge is 0.258 e. The third-order valence-corrected chi connectivity index (χ3v) is 6.85. The second kappa shape index (κ2) is 6.64. The van der Waals surface area contributed by atoms with Crippen LogP contribution in [0.1, 0.15) is 37.7 Å². The number of aryl methyl sites for hydroxylation is 1. The Morgan fingerprint density at radius 1 is 1.08 bits per heavy atom. The first-order valence-electron chi connectivity index (χ1n) is 9.60. The molecule has 0 aromatic heterocycles. The topological polar surface area (TPSA) is 47.6 Å². The summed E-state index contributed by atoms with van der Waals surface area (Å²) in [4.78, 5) is 12.3. The summed E-state index contributed by atoms with van der Waals surface area (Å²) >= 11 is 0. The van der Waals surface area contributed by atoms with E-state index in [-0.39, 0.29) is 18.1 Å². The van der Waals surface area contributed by atoms with E-state index in [1.165, 1.54) is 37.7 Å². The van der Waals surface area contributed by atoms with Crippen LogP contribution < -0.4 is 10.1 Å². The van der Waals surface area contributed by atoms with Gasteiger partial charge in [-0.05, 0) is 74.8 Å². The van der Waals surface area contributed by atoms with Gasteiger partial charge >= 0.3 is 0 Å².